The lowest BCUT2D eigenvalue weighted by Gasteiger charge is -2.39. The molecule has 0 aliphatic carbocycles. The molecule has 0 aliphatic heterocycles. The molecule has 19 heteroatoms. The molecule has 11 aromatic rings. The quantitative estimate of drug-likeness (QED) is 0.142. The summed E-state index contributed by atoms with van der Waals surface area (Å²) >= 11 is 0. The highest BCUT2D eigenvalue weighted by Crippen LogP contribution is 2.44. The minimum absolute atomic E-state index is 0.629. The summed E-state index contributed by atoms with van der Waals surface area (Å²) < 4.78 is 7.12. The molecule has 2 aromatic heterocycles. The van der Waals surface area contributed by atoms with Crippen molar-refractivity contribution in [2.75, 3.05) is 4.90 Å². The van der Waals surface area contributed by atoms with E-state index in [0.717, 1.165) is 66.1 Å². The first kappa shape index (κ1) is 49.0. The summed E-state index contributed by atoms with van der Waals surface area (Å²) in [7, 11) is 32.3. The van der Waals surface area contributed by atoms with Crippen molar-refractivity contribution in [3.05, 3.63) is 133 Å². The van der Waals surface area contributed by atoms with Gasteiger partial charge in [-0.15, -0.1) is 10.9 Å². The lowest BCUT2D eigenvalue weighted by Crippen LogP contribution is -2.60. The molecule has 0 N–H and O–H groups in total. The van der Waals surface area contributed by atoms with Crippen molar-refractivity contribution >= 4 is 236 Å². The van der Waals surface area contributed by atoms with Gasteiger partial charge in [-0.05, 0) is 39.6 Å². The number of hydrogen-bond donors (Lipinski definition) is 0. The monoisotopic (exact) mass is 937 g/mol. The first-order chi connectivity index (χ1) is 35.6. The number of rotatable bonds is 8. The van der Waals surface area contributed by atoms with Crippen molar-refractivity contribution < 1.29 is 4.42 Å². The van der Waals surface area contributed by atoms with Gasteiger partial charge in [0.15, 0.2) is 17.5 Å². The Kier molecular flexibility index (Phi) is 12.5. The molecule has 11 rings (SSSR count). The molecular formula is C55H50B14N4O. The summed E-state index contributed by atoms with van der Waals surface area (Å²) in [6, 6.07) is 46.5. The zero-order chi connectivity index (χ0) is 52.0. The number of hydrogen-bond acceptors (Lipinski definition) is 5. The van der Waals surface area contributed by atoms with E-state index in [-0.39, 0.29) is 0 Å². The Morgan fingerprint density at radius 2 is 0.649 bits per heavy atom. The van der Waals surface area contributed by atoms with E-state index in [2.05, 4.69) is 212 Å². The average Bonchev–Trinajstić information content (AvgIpc) is 3.83. The first-order valence-corrected chi connectivity index (χ1v) is 26.0. The van der Waals surface area contributed by atoms with Crippen LogP contribution in [0, 0.1) is 0 Å². The van der Waals surface area contributed by atoms with E-state index in [0.29, 0.717) is 17.5 Å². The molecule has 9 aromatic carbocycles. The van der Waals surface area contributed by atoms with E-state index in [1.807, 2.05) is 36.4 Å². The van der Waals surface area contributed by atoms with Crippen LogP contribution in [0.15, 0.2) is 138 Å². The van der Waals surface area contributed by atoms with E-state index in [4.69, 9.17) is 19.4 Å². The zero-order valence-electron chi connectivity index (χ0n) is 45.4. The minimum Gasteiger partial charge on any atom is -0.455 e. The van der Waals surface area contributed by atoms with Crippen LogP contribution in [0.1, 0.15) is 0 Å². The van der Waals surface area contributed by atoms with E-state index in [1.54, 1.807) is 0 Å². The second-order valence-corrected chi connectivity index (χ2v) is 20.7. The SMILES string of the molecule is Bc1c(B)c(B)c(N(c2c(B)c(B)c(B)c(B)c2B)c2c(B)c(B)c(-c3ccc(-c4ccc(-c5nc(-c6ccccc6)nc(-c6ccccc6)n5)c5ccccc45)c4c3oc3ccccc34)c(B)c2B)c(B)c1B. The Balaban J connectivity index is 1.13. The van der Waals surface area contributed by atoms with Crippen LogP contribution in [0.25, 0.3) is 89.1 Å². The highest BCUT2D eigenvalue weighted by Gasteiger charge is 2.30. The maximum atomic E-state index is 7.12. The number of para-hydroxylation sites is 1. The molecule has 0 bridgehead atoms. The standard InChI is InChI=1S/C55H50B14N4O/c56-35-34(36(57)44(65)49(43(35)64)73(50-45(66)39(60)37(58)40(61)46(50)67)51-47(68)41(62)38(59)42(63)48(51)69)31-22-20-28(33-30-17-9-10-18-32(30)74-52(31)33)27-19-21-29(26-16-8-7-15-25(26)27)55-71-53(23-11-3-1-4-12-23)70-54(72-55)24-13-5-2-6-14-24/h1-22H,56-69H2. The van der Waals surface area contributed by atoms with E-state index in [1.165, 1.54) is 99.1 Å². The third-order valence-electron chi connectivity index (χ3n) is 17.1. The predicted octanol–water partition coefficient (Wildman–Crippen LogP) is -9.65. The second-order valence-electron chi connectivity index (χ2n) is 20.7. The van der Waals surface area contributed by atoms with Gasteiger partial charge in [-0.3, -0.25) is 0 Å². The van der Waals surface area contributed by atoms with Gasteiger partial charge in [0.2, 0.25) is 0 Å². The second kappa shape index (κ2) is 18.9. The van der Waals surface area contributed by atoms with Crippen LogP contribution in [0.4, 0.5) is 17.1 Å². The van der Waals surface area contributed by atoms with Gasteiger partial charge in [-0.25, -0.2) is 15.0 Å². The van der Waals surface area contributed by atoms with Crippen molar-refractivity contribution in [1.82, 2.24) is 15.0 Å². The normalized spacial score (nSPS) is 11.5. The molecule has 338 valence electrons. The number of nitrogens with zero attached hydrogens (tertiary/aromatic N) is 4. The molecule has 0 radical (unpaired) electrons. The molecular weight excluding hydrogens is 884 g/mol. The van der Waals surface area contributed by atoms with Gasteiger partial charge in [0.05, 0.1) is 0 Å². The van der Waals surface area contributed by atoms with Crippen molar-refractivity contribution in [2.24, 2.45) is 0 Å². The molecule has 0 atom stereocenters. The Labute approximate surface area is 447 Å². The van der Waals surface area contributed by atoms with Crippen molar-refractivity contribution in [3.8, 4) is 56.4 Å². The van der Waals surface area contributed by atoms with Crippen molar-refractivity contribution in [1.29, 1.82) is 0 Å². The van der Waals surface area contributed by atoms with E-state index in [9.17, 15) is 0 Å². The van der Waals surface area contributed by atoms with Gasteiger partial charge in [0.1, 0.15) is 121 Å². The lowest BCUT2D eigenvalue weighted by atomic mass is 9.59. The summed E-state index contributed by atoms with van der Waals surface area (Å²) in [4.78, 5) is 18.0. The third kappa shape index (κ3) is 7.71. The molecule has 0 saturated carbocycles. The summed E-state index contributed by atoms with van der Waals surface area (Å²) in [5.74, 6) is 1.90. The number of anilines is 3. The summed E-state index contributed by atoms with van der Waals surface area (Å²) in [6.07, 6.45) is 0. The Morgan fingerprint density at radius 3 is 1.14 bits per heavy atom. The van der Waals surface area contributed by atoms with Gasteiger partial charge in [-0.1, -0.05) is 187 Å². The largest absolute Gasteiger partial charge is 0.455 e. The topological polar surface area (TPSA) is 55.1 Å². The molecule has 0 aliphatic rings. The number of aromatic nitrogens is 3. The third-order valence-corrected chi connectivity index (χ3v) is 17.1. The van der Waals surface area contributed by atoms with E-state index >= 15 is 0 Å². The predicted molar refractivity (Wildman–Crippen MR) is 361 cm³/mol. The maximum Gasteiger partial charge on any atom is 0.164 e. The highest BCUT2D eigenvalue weighted by molar-refractivity contribution is 6.72. The average molecular weight is 934 g/mol. The summed E-state index contributed by atoms with van der Waals surface area (Å²) in [5.41, 5.74) is 31.3. The van der Waals surface area contributed by atoms with Crippen LogP contribution in [0.3, 0.4) is 0 Å². The van der Waals surface area contributed by atoms with Crippen LogP contribution in [-0.4, -0.2) is 125 Å². The molecule has 2 heterocycles. The van der Waals surface area contributed by atoms with Crippen LogP contribution in [0.2, 0.25) is 0 Å². The number of fused-ring (bicyclic) bond motifs is 4. The van der Waals surface area contributed by atoms with Gasteiger partial charge in [-0.2, -0.15) is 0 Å². The fraction of sp³-hybridized carbons (Fsp3) is 0. The molecule has 0 saturated heterocycles. The molecule has 5 nitrogen and oxygen atoms in total. The van der Waals surface area contributed by atoms with Gasteiger partial charge in [0.25, 0.3) is 0 Å². The smallest absolute Gasteiger partial charge is 0.164 e. The fourth-order valence-corrected chi connectivity index (χ4v) is 11.9. The Hall–Kier alpha value is -7.24. The molecule has 0 unspecified atom stereocenters. The minimum atomic E-state index is 0.629. The van der Waals surface area contributed by atoms with Gasteiger partial charge in [0, 0.05) is 50.1 Å². The fourth-order valence-electron chi connectivity index (χ4n) is 11.9. The maximum absolute atomic E-state index is 7.12. The molecule has 0 spiro atoms. The van der Waals surface area contributed by atoms with E-state index < -0.39 is 0 Å². The highest BCUT2D eigenvalue weighted by atomic mass is 16.3. The molecule has 74 heavy (non-hydrogen) atoms. The summed E-state index contributed by atoms with van der Waals surface area (Å²) in [6.45, 7) is 0. The lowest BCUT2D eigenvalue weighted by molar-refractivity contribution is 0.670. The van der Waals surface area contributed by atoms with Crippen LogP contribution in [-0.2, 0) is 0 Å². The Morgan fingerprint density at radius 1 is 0.297 bits per heavy atom. The van der Waals surface area contributed by atoms with Crippen molar-refractivity contribution in [3.63, 3.8) is 0 Å². The molecule has 0 amide bonds. The van der Waals surface area contributed by atoms with Crippen LogP contribution < -0.4 is 81.4 Å². The Bertz CT molecular complexity index is 3940. The summed E-state index contributed by atoms with van der Waals surface area (Å²) in [5, 5.41) is 4.35. The van der Waals surface area contributed by atoms with Gasteiger partial charge >= 0.3 is 0 Å². The van der Waals surface area contributed by atoms with Crippen LogP contribution in [0.5, 0.6) is 0 Å². The molecule has 0 fully saturated rings. The van der Waals surface area contributed by atoms with Gasteiger partial charge < -0.3 is 9.32 Å². The zero-order valence-corrected chi connectivity index (χ0v) is 45.4. The number of furan rings is 1. The van der Waals surface area contributed by atoms with Crippen molar-refractivity contribution in [2.45, 2.75) is 0 Å². The van der Waals surface area contributed by atoms with Crippen LogP contribution >= 0.6 is 0 Å². The number of benzene rings is 9. The first-order valence-electron chi connectivity index (χ1n) is 26.0.